The third-order valence-corrected chi connectivity index (χ3v) is 4.73. The van der Waals surface area contributed by atoms with Crippen LogP contribution in [0.5, 0.6) is 0 Å². The monoisotopic (exact) mass is 348 g/mol. The minimum absolute atomic E-state index is 0.0313. The predicted molar refractivity (Wildman–Crippen MR) is 83.9 cm³/mol. The van der Waals surface area contributed by atoms with Gasteiger partial charge in [0, 0.05) is 0 Å². The van der Waals surface area contributed by atoms with Crippen LogP contribution in [0.15, 0.2) is 29.2 Å². The van der Waals surface area contributed by atoms with E-state index in [4.69, 9.17) is 19.3 Å². The number of aliphatic hydroxyl groups is 2. The van der Waals surface area contributed by atoms with E-state index in [9.17, 15) is 13.5 Å². The van der Waals surface area contributed by atoms with Crippen molar-refractivity contribution in [2.75, 3.05) is 46.2 Å². The molecule has 1 aromatic rings. The Labute approximate surface area is 136 Å². The molecule has 0 aromatic heterocycles. The van der Waals surface area contributed by atoms with Crippen LogP contribution in [0.2, 0.25) is 0 Å². The highest BCUT2D eigenvalue weighted by atomic mass is 32.2. The summed E-state index contributed by atoms with van der Waals surface area (Å²) in [6, 6.07) is 6.27. The number of ether oxygens (including phenoxy) is 3. The van der Waals surface area contributed by atoms with Crippen LogP contribution in [0.3, 0.4) is 0 Å². The van der Waals surface area contributed by atoms with Gasteiger partial charge in [-0.15, -0.1) is 0 Å². The lowest BCUT2D eigenvalue weighted by Gasteiger charge is -2.13. The standard InChI is InChI=1S/C15H24O7S/c1-13-2-4-14(5-3-13)23(18,19)15(17)12-22-11-10-21-9-8-20-7-6-16/h2-5,15-17H,6-12H2,1H3/t15-/m0/s1. The summed E-state index contributed by atoms with van der Waals surface area (Å²) < 4.78 is 39.5. The van der Waals surface area contributed by atoms with E-state index >= 15 is 0 Å². The van der Waals surface area contributed by atoms with E-state index in [0.29, 0.717) is 13.2 Å². The van der Waals surface area contributed by atoms with Gasteiger partial charge in [-0.1, -0.05) is 17.7 Å². The second kappa shape index (κ2) is 10.7. The van der Waals surface area contributed by atoms with Crippen LogP contribution in [0.25, 0.3) is 0 Å². The third-order valence-electron chi connectivity index (χ3n) is 2.95. The molecule has 0 amide bonds. The molecule has 0 unspecified atom stereocenters. The Bertz CT molecular complexity index is 527. The van der Waals surface area contributed by atoms with E-state index in [1.54, 1.807) is 12.1 Å². The van der Waals surface area contributed by atoms with Crippen molar-refractivity contribution in [2.24, 2.45) is 0 Å². The molecule has 0 aliphatic carbocycles. The molecule has 0 aliphatic rings. The molecule has 132 valence electrons. The van der Waals surface area contributed by atoms with Gasteiger partial charge in [0.15, 0.2) is 5.44 Å². The normalized spacial score (nSPS) is 13.2. The van der Waals surface area contributed by atoms with Crippen molar-refractivity contribution in [2.45, 2.75) is 17.3 Å². The first-order valence-electron chi connectivity index (χ1n) is 7.31. The zero-order valence-electron chi connectivity index (χ0n) is 13.2. The molecule has 0 spiro atoms. The van der Waals surface area contributed by atoms with Gasteiger partial charge in [-0.05, 0) is 19.1 Å². The first kappa shape index (κ1) is 20.0. The van der Waals surface area contributed by atoms with Crippen molar-refractivity contribution < 1.29 is 32.8 Å². The van der Waals surface area contributed by atoms with E-state index in [-0.39, 0.29) is 37.9 Å². The molecule has 1 atom stereocenters. The van der Waals surface area contributed by atoms with Crippen LogP contribution >= 0.6 is 0 Å². The minimum atomic E-state index is -3.82. The fourth-order valence-electron chi connectivity index (χ4n) is 1.66. The molecule has 0 bridgehead atoms. The van der Waals surface area contributed by atoms with Crippen molar-refractivity contribution in [3.05, 3.63) is 29.8 Å². The Kier molecular flexibility index (Phi) is 9.30. The Hall–Kier alpha value is -1.03. The maximum Gasteiger partial charge on any atom is 0.207 e. The van der Waals surface area contributed by atoms with Crippen LogP contribution in [-0.4, -0.2) is 70.3 Å². The van der Waals surface area contributed by atoms with Gasteiger partial charge in [-0.2, -0.15) is 0 Å². The molecule has 7 nitrogen and oxygen atoms in total. The minimum Gasteiger partial charge on any atom is -0.394 e. The number of rotatable bonds is 12. The van der Waals surface area contributed by atoms with Crippen molar-refractivity contribution >= 4 is 9.84 Å². The van der Waals surface area contributed by atoms with Crippen LogP contribution in [0.1, 0.15) is 5.56 Å². The summed E-state index contributed by atoms with van der Waals surface area (Å²) in [5.41, 5.74) is -0.673. The summed E-state index contributed by atoms with van der Waals surface area (Å²) >= 11 is 0. The van der Waals surface area contributed by atoms with Gasteiger partial charge in [-0.25, -0.2) is 8.42 Å². The van der Waals surface area contributed by atoms with Crippen molar-refractivity contribution in [3.8, 4) is 0 Å². The second-order valence-corrected chi connectivity index (χ2v) is 6.94. The quantitative estimate of drug-likeness (QED) is 0.518. The number of aliphatic hydroxyl groups excluding tert-OH is 2. The van der Waals surface area contributed by atoms with Gasteiger partial charge in [0.1, 0.15) is 0 Å². The Balaban J connectivity index is 2.23. The van der Waals surface area contributed by atoms with Crippen molar-refractivity contribution in [1.29, 1.82) is 0 Å². The summed E-state index contributed by atoms with van der Waals surface area (Å²) in [5, 5.41) is 18.3. The number of hydrogen-bond acceptors (Lipinski definition) is 7. The van der Waals surface area contributed by atoms with E-state index in [1.165, 1.54) is 12.1 Å². The van der Waals surface area contributed by atoms with E-state index in [0.717, 1.165) is 5.56 Å². The maximum absolute atomic E-state index is 12.1. The van der Waals surface area contributed by atoms with Gasteiger partial charge in [-0.3, -0.25) is 0 Å². The molecule has 0 aliphatic heterocycles. The fourth-order valence-corrected chi connectivity index (χ4v) is 2.77. The lowest BCUT2D eigenvalue weighted by Crippen LogP contribution is -2.27. The van der Waals surface area contributed by atoms with Crippen LogP contribution in [0.4, 0.5) is 0 Å². The van der Waals surface area contributed by atoms with Crippen LogP contribution in [-0.2, 0) is 24.0 Å². The first-order chi connectivity index (χ1) is 11.0. The third kappa shape index (κ3) is 7.38. The smallest absolute Gasteiger partial charge is 0.207 e. The Morgan fingerprint density at radius 3 is 2.04 bits per heavy atom. The number of aryl methyl sites for hydroxylation is 1. The van der Waals surface area contributed by atoms with Gasteiger partial charge in [0.25, 0.3) is 0 Å². The van der Waals surface area contributed by atoms with Crippen LogP contribution < -0.4 is 0 Å². The molecule has 1 rings (SSSR count). The van der Waals surface area contributed by atoms with E-state index in [1.807, 2.05) is 6.92 Å². The maximum atomic E-state index is 12.1. The number of benzene rings is 1. The highest BCUT2D eigenvalue weighted by Gasteiger charge is 2.25. The van der Waals surface area contributed by atoms with Gasteiger partial charge < -0.3 is 24.4 Å². The molecule has 1 aromatic carbocycles. The summed E-state index contributed by atoms with van der Waals surface area (Å²) in [5.74, 6) is 0. The Morgan fingerprint density at radius 2 is 1.48 bits per heavy atom. The second-order valence-electron chi connectivity index (χ2n) is 4.84. The average Bonchev–Trinajstić information content (AvgIpc) is 2.53. The highest BCUT2D eigenvalue weighted by molar-refractivity contribution is 7.91. The molecule has 23 heavy (non-hydrogen) atoms. The summed E-state index contributed by atoms with van der Waals surface area (Å²) in [4.78, 5) is 0.0662. The average molecular weight is 348 g/mol. The van der Waals surface area contributed by atoms with Gasteiger partial charge in [0.05, 0.1) is 51.1 Å². The van der Waals surface area contributed by atoms with E-state index < -0.39 is 15.3 Å². The molecule has 0 saturated heterocycles. The lowest BCUT2D eigenvalue weighted by molar-refractivity contribution is -0.00167. The molecular formula is C15H24O7S. The van der Waals surface area contributed by atoms with Crippen molar-refractivity contribution in [3.63, 3.8) is 0 Å². The summed E-state index contributed by atoms with van der Waals surface area (Å²) in [7, 11) is -3.82. The number of sulfone groups is 1. The molecule has 0 saturated carbocycles. The number of hydrogen-bond donors (Lipinski definition) is 2. The van der Waals surface area contributed by atoms with Crippen LogP contribution in [0, 0.1) is 6.92 Å². The fraction of sp³-hybridized carbons (Fsp3) is 0.600. The SMILES string of the molecule is Cc1ccc(S(=O)(=O)[C@H](O)COCCOCCOCCO)cc1. The predicted octanol–water partition coefficient (Wildman–Crippen LogP) is 0.129. The highest BCUT2D eigenvalue weighted by Crippen LogP contribution is 2.15. The topological polar surface area (TPSA) is 102 Å². The zero-order chi connectivity index (χ0) is 17.1. The largest absolute Gasteiger partial charge is 0.394 e. The van der Waals surface area contributed by atoms with Gasteiger partial charge in [0.2, 0.25) is 9.84 Å². The molecule has 0 heterocycles. The molecule has 8 heteroatoms. The zero-order valence-corrected chi connectivity index (χ0v) is 14.0. The molecular weight excluding hydrogens is 324 g/mol. The first-order valence-corrected chi connectivity index (χ1v) is 8.86. The van der Waals surface area contributed by atoms with Crippen molar-refractivity contribution in [1.82, 2.24) is 0 Å². The molecule has 0 fully saturated rings. The van der Waals surface area contributed by atoms with Gasteiger partial charge >= 0.3 is 0 Å². The molecule has 0 radical (unpaired) electrons. The molecule has 2 N–H and O–H groups in total. The summed E-state index contributed by atoms with van der Waals surface area (Å²) in [6.07, 6.45) is 0. The Morgan fingerprint density at radius 1 is 0.957 bits per heavy atom. The van der Waals surface area contributed by atoms with E-state index in [2.05, 4.69) is 0 Å². The summed E-state index contributed by atoms with van der Waals surface area (Å²) in [6.45, 7) is 2.92. The lowest BCUT2D eigenvalue weighted by atomic mass is 10.2.